The van der Waals surface area contributed by atoms with Crippen molar-refractivity contribution in [3.63, 3.8) is 0 Å². The summed E-state index contributed by atoms with van der Waals surface area (Å²) in [6.45, 7) is 4.19. The van der Waals surface area contributed by atoms with E-state index in [2.05, 4.69) is 80.4 Å². The molecule has 0 fully saturated rings. The highest BCUT2D eigenvalue weighted by molar-refractivity contribution is 5.76. The zero-order valence-electron chi connectivity index (χ0n) is 13.9. The van der Waals surface area contributed by atoms with Gasteiger partial charge in [-0.3, -0.25) is 0 Å². The van der Waals surface area contributed by atoms with Crippen LogP contribution in [0.15, 0.2) is 66.7 Å². The van der Waals surface area contributed by atoms with Gasteiger partial charge < -0.3 is 10.6 Å². The van der Waals surface area contributed by atoms with E-state index in [4.69, 9.17) is 5.73 Å². The second-order valence-electron chi connectivity index (χ2n) is 6.07. The summed E-state index contributed by atoms with van der Waals surface area (Å²) in [7, 11) is 2.07. The number of aryl methyl sites for hydroxylation is 2. The molecule has 0 spiro atoms. The minimum absolute atomic E-state index is 0.775. The molecule has 0 aliphatic carbocycles. The van der Waals surface area contributed by atoms with E-state index >= 15 is 0 Å². The van der Waals surface area contributed by atoms with Crippen LogP contribution in [-0.2, 0) is 0 Å². The van der Waals surface area contributed by atoms with Gasteiger partial charge in [-0.1, -0.05) is 47.5 Å². The smallest absolute Gasteiger partial charge is 0.0434 e. The number of hydrogen-bond acceptors (Lipinski definition) is 2. The standard InChI is InChI=1S/C21H22N2/c1-15-4-8-17(9-5-15)18-12-19(22)14-21(13-18)23(3)20-10-6-16(2)7-11-20/h4-14H,22H2,1-3H3. The average molecular weight is 302 g/mol. The Morgan fingerprint density at radius 3 is 1.83 bits per heavy atom. The van der Waals surface area contributed by atoms with Gasteiger partial charge in [0, 0.05) is 24.1 Å². The van der Waals surface area contributed by atoms with Crippen molar-refractivity contribution < 1.29 is 0 Å². The average Bonchev–Trinajstić information content (AvgIpc) is 2.55. The van der Waals surface area contributed by atoms with E-state index in [0.717, 1.165) is 22.6 Å². The minimum atomic E-state index is 0.775. The van der Waals surface area contributed by atoms with Crippen LogP contribution in [0.1, 0.15) is 11.1 Å². The lowest BCUT2D eigenvalue weighted by atomic mass is 10.0. The van der Waals surface area contributed by atoms with E-state index in [1.54, 1.807) is 0 Å². The number of hydrogen-bond donors (Lipinski definition) is 1. The number of nitrogen functional groups attached to an aromatic ring is 1. The Bertz CT molecular complexity index is 802. The number of anilines is 3. The van der Waals surface area contributed by atoms with Crippen molar-refractivity contribution in [1.82, 2.24) is 0 Å². The summed E-state index contributed by atoms with van der Waals surface area (Å²) in [4.78, 5) is 2.16. The molecule has 0 heterocycles. The van der Waals surface area contributed by atoms with Crippen molar-refractivity contribution in [2.45, 2.75) is 13.8 Å². The van der Waals surface area contributed by atoms with Crippen LogP contribution in [0, 0.1) is 13.8 Å². The first-order chi connectivity index (χ1) is 11.0. The van der Waals surface area contributed by atoms with Crippen molar-refractivity contribution in [3.05, 3.63) is 77.9 Å². The zero-order chi connectivity index (χ0) is 16.4. The van der Waals surface area contributed by atoms with Gasteiger partial charge in [0.1, 0.15) is 0 Å². The van der Waals surface area contributed by atoms with E-state index in [1.807, 2.05) is 12.1 Å². The molecular formula is C21H22N2. The number of nitrogens with zero attached hydrogens (tertiary/aromatic N) is 1. The van der Waals surface area contributed by atoms with Crippen molar-refractivity contribution in [2.75, 3.05) is 17.7 Å². The first kappa shape index (κ1) is 15.2. The molecule has 0 saturated heterocycles. The molecule has 2 N–H and O–H groups in total. The van der Waals surface area contributed by atoms with Crippen LogP contribution in [-0.4, -0.2) is 7.05 Å². The molecular weight excluding hydrogens is 280 g/mol. The van der Waals surface area contributed by atoms with E-state index in [9.17, 15) is 0 Å². The molecule has 0 aliphatic heterocycles. The quantitative estimate of drug-likeness (QED) is 0.663. The second-order valence-corrected chi connectivity index (χ2v) is 6.07. The lowest BCUT2D eigenvalue weighted by molar-refractivity contribution is 1.21. The van der Waals surface area contributed by atoms with Crippen LogP contribution in [0.4, 0.5) is 17.1 Å². The first-order valence-corrected chi connectivity index (χ1v) is 7.81. The third-order valence-corrected chi connectivity index (χ3v) is 4.13. The molecule has 0 bridgehead atoms. The van der Waals surface area contributed by atoms with Gasteiger partial charge in [-0.25, -0.2) is 0 Å². The van der Waals surface area contributed by atoms with Crippen LogP contribution >= 0.6 is 0 Å². The fourth-order valence-electron chi connectivity index (χ4n) is 2.66. The molecule has 3 aromatic carbocycles. The lowest BCUT2D eigenvalue weighted by Gasteiger charge is -2.21. The summed E-state index contributed by atoms with van der Waals surface area (Å²) in [6.07, 6.45) is 0. The maximum atomic E-state index is 6.14. The number of benzene rings is 3. The third kappa shape index (κ3) is 3.37. The SMILES string of the molecule is Cc1ccc(-c2cc(N)cc(N(C)c3ccc(C)cc3)c2)cc1. The van der Waals surface area contributed by atoms with Crippen LogP contribution in [0.3, 0.4) is 0 Å². The van der Waals surface area contributed by atoms with Crippen LogP contribution in [0.2, 0.25) is 0 Å². The van der Waals surface area contributed by atoms with E-state index < -0.39 is 0 Å². The molecule has 0 radical (unpaired) electrons. The summed E-state index contributed by atoms with van der Waals surface area (Å²) in [5.74, 6) is 0. The lowest BCUT2D eigenvalue weighted by Crippen LogP contribution is -2.09. The van der Waals surface area contributed by atoms with Crippen LogP contribution < -0.4 is 10.6 Å². The first-order valence-electron chi connectivity index (χ1n) is 7.81. The molecule has 0 aliphatic rings. The molecule has 0 unspecified atom stereocenters. The molecule has 0 saturated carbocycles. The van der Waals surface area contributed by atoms with Crippen LogP contribution in [0.5, 0.6) is 0 Å². The topological polar surface area (TPSA) is 29.3 Å². The van der Waals surface area contributed by atoms with Crippen LogP contribution in [0.25, 0.3) is 11.1 Å². The van der Waals surface area contributed by atoms with Gasteiger partial charge in [-0.2, -0.15) is 0 Å². The van der Waals surface area contributed by atoms with Crippen molar-refractivity contribution in [1.29, 1.82) is 0 Å². The largest absolute Gasteiger partial charge is 0.399 e. The van der Waals surface area contributed by atoms with Gasteiger partial charge >= 0.3 is 0 Å². The molecule has 0 amide bonds. The van der Waals surface area contributed by atoms with Gasteiger partial charge in [-0.05, 0) is 55.3 Å². The fraction of sp³-hybridized carbons (Fsp3) is 0.143. The highest BCUT2D eigenvalue weighted by atomic mass is 15.1. The van der Waals surface area contributed by atoms with Gasteiger partial charge in [0.05, 0.1) is 0 Å². The zero-order valence-corrected chi connectivity index (χ0v) is 13.9. The highest BCUT2D eigenvalue weighted by Gasteiger charge is 2.07. The second kappa shape index (κ2) is 6.17. The van der Waals surface area contributed by atoms with Crippen molar-refractivity contribution >= 4 is 17.1 Å². The summed E-state index contributed by atoms with van der Waals surface area (Å²) < 4.78 is 0. The molecule has 2 heteroatoms. The molecule has 2 nitrogen and oxygen atoms in total. The predicted molar refractivity (Wildman–Crippen MR) is 100 cm³/mol. The summed E-state index contributed by atoms with van der Waals surface area (Å²) in [5, 5.41) is 0. The maximum Gasteiger partial charge on any atom is 0.0434 e. The monoisotopic (exact) mass is 302 g/mol. The highest BCUT2D eigenvalue weighted by Crippen LogP contribution is 2.31. The van der Waals surface area contributed by atoms with Gasteiger partial charge in [0.15, 0.2) is 0 Å². The Morgan fingerprint density at radius 2 is 1.22 bits per heavy atom. The Hall–Kier alpha value is -2.74. The van der Waals surface area contributed by atoms with E-state index in [1.165, 1.54) is 16.7 Å². The molecule has 0 aromatic heterocycles. The third-order valence-electron chi connectivity index (χ3n) is 4.13. The van der Waals surface area contributed by atoms with Crippen molar-refractivity contribution in [3.8, 4) is 11.1 Å². The minimum Gasteiger partial charge on any atom is -0.399 e. The Morgan fingerprint density at radius 1 is 0.652 bits per heavy atom. The normalized spacial score (nSPS) is 10.6. The Labute approximate surface area is 138 Å². The summed E-state index contributed by atoms with van der Waals surface area (Å²) in [5.41, 5.74) is 14.0. The van der Waals surface area contributed by atoms with Gasteiger partial charge in [-0.15, -0.1) is 0 Å². The molecule has 116 valence electrons. The van der Waals surface area contributed by atoms with Gasteiger partial charge in [0.2, 0.25) is 0 Å². The summed E-state index contributed by atoms with van der Waals surface area (Å²) >= 11 is 0. The molecule has 3 rings (SSSR count). The number of nitrogens with two attached hydrogens (primary N) is 1. The maximum absolute atomic E-state index is 6.14. The Balaban J connectivity index is 2.00. The Kier molecular flexibility index (Phi) is 4.07. The molecule has 0 atom stereocenters. The number of rotatable bonds is 3. The molecule has 23 heavy (non-hydrogen) atoms. The molecule has 3 aromatic rings. The fourth-order valence-corrected chi connectivity index (χ4v) is 2.66. The van der Waals surface area contributed by atoms with E-state index in [0.29, 0.717) is 0 Å². The van der Waals surface area contributed by atoms with E-state index in [-0.39, 0.29) is 0 Å². The predicted octanol–water partition coefficient (Wildman–Crippen LogP) is 5.32. The summed E-state index contributed by atoms with van der Waals surface area (Å²) in [6, 6.07) is 23.3. The van der Waals surface area contributed by atoms with Gasteiger partial charge in [0.25, 0.3) is 0 Å². The van der Waals surface area contributed by atoms with Crippen molar-refractivity contribution in [2.24, 2.45) is 0 Å².